The Morgan fingerprint density at radius 2 is 2.04 bits per heavy atom. The Kier molecular flexibility index (Phi) is 9.94. The number of halogens is 1. The highest BCUT2D eigenvalue weighted by atomic mass is 35.5. The van der Waals surface area contributed by atoms with Crippen LogP contribution in [0.3, 0.4) is 0 Å². The molecule has 0 radical (unpaired) electrons. The highest BCUT2D eigenvalue weighted by Gasteiger charge is 2.33. The average molecular weight is 365 g/mol. The molecule has 2 rings (SSSR count). The van der Waals surface area contributed by atoms with E-state index in [0.29, 0.717) is 18.8 Å². The zero-order valence-electron chi connectivity index (χ0n) is 13.9. The van der Waals surface area contributed by atoms with Gasteiger partial charge in [-0.1, -0.05) is 13.3 Å². The second-order valence-corrected chi connectivity index (χ2v) is 6.87. The van der Waals surface area contributed by atoms with E-state index in [2.05, 4.69) is 22.5 Å². The van der Waals surface area contributed by atoms with Crippen LogP contribution in [0.2, 0.25) is 0 Å². The Morgan fingerprint density at radius 3 is 2.74 bits per heavy atom. The number of carbonyl (C=O) groups is 2. The molecule has 0 aromatic carbocycles. The van der Waals surface area contributed by atoms with E-state index in [4.69, 9.17) is 0 Å². The summed E-state index contributed by atoms with van der Waals surface area (Å²) in [6, 6.07) is -0.280. The fraction of sp³-hybridized carbons (Fsp3) is 0.867. The van der Waals surface area contributed by atoms with Crippen molar-refractivity contribution in [2.24, 2.45) is 0 Å². The molecule has 134 valence electrons. The van der Waals surface area contributed by atoms with Crippen molar-refractivity contribution in [2.75, 3.05) is 50.9 Å². The van der Waals surface area contributed by atoms with Crippen LogP contribution in [-0.2, 0) is 9.59 Å². The topological polar surface area (TPSA) is 64.7 Å². The number of nitrogens with zero attached hydrogens (tertiary/aromatic N) is 2. The van der Waals surface area contributed by atoms with Crippen molar-refractivity contribution in [1.82, 2.24) is 20.4 Å². The van der Waals surface area contributed by atoms with Gasteiger partial charge in [-0.15, -0.1) is 24.2 Å². The molecule has 2 aliphatic rings. The van der Waals surface area contributed by atoms with Crippen LogP contribution in [0.25, 0.3) is 0 Å². The summed E-state index contributed by atoms with van der Waals surface area (Å²) < 4.78 is 0. The van der Waals surface area contributed by atoms with Gasteiger partial charge in [-0.25, -0.2) is 0 Å². The molecular formula is C15H29ClN4O2S. The number of piperazine rings is 1. The van der Waals surface area contributed by atoms with E-state index in [1.165, 1.54) is 0 Å². The Balaban J connectivity index is 0.00000264. The van der Waals surface area contributed by atoms with Crippen molar-refractivity contribution >= 4 is 36.0 Å². The number of amides is 2. The molecule has 2 amide bonds. The van der Waals surface area contributed by atoms with Gasteiger partial charge in [-0.2, -0.15) is 0 Å². The summed E-state index contributed by atoms with van der Waals surface area (Å²) in [6.07, 6.45) is 2.47. The minimum atomic E-state index is -0.280. The number of rotatable bonds is 7. The van der Waals surface area contributed by atoms with Gasteiger partial charge in [0.25, 0.3) is 0 Å². The highest BCUT2D eigenvalue weighted by Crippen LogP contribution is 2.22. The van der Waals surface area contributed by atoms with Crippen molar-refractivity contribution in [2.45, 2.75) is 32.2 Å². The molecule has 2 aliphatic heterocycles. The standard InChI is InChI=1S/C15H28N4O2S.ClH/c1-2-3-4-14(20)19-12-22-11-13(19)15(21)17-7-10-18-8-5-16-6-9-18;/h13,16H,2-12H2,1H3,(H,17,21);1H. The zero-order valence-corrected chi connectivity index (χ0v) is 15.5. The summed E-state index contributed by atoms with van der Waals surface area (Å²) in [5.41, 5.74) is 0. The van der Waals surface area contributed by atoms with E-state index < -0.39 is 0 Å². The van der Waals surface area contributed by atoms with Crippen LogP contribution < -0.4 is 10.6 Å². The van der Waals surface area contributed by atoms with Gasteiger partial charge in [-0.05, 0) is 6.42 Å². The van der Waals surface area contributed by atoms with Crippen LogP contribution in [0.1, 0.15) is 26.2 Å². The molecule has 2 heterocycles. The molecule has 0 aromatic rings. The number of carbonyl (C=O) groups excluding carboxylic acids is 2. The Bertz CT molecular complexity index is 380. The summed E-state index contributed by atoms with van der Waals surface area (Å²) in [6.45, 7) is 7.74. The fourth-order valence-electron chi connectivity index (χ4n) is 2.77. The van der Waals surface area contributed by atoms with Crippen LogP contribution in [0.15, 0.2) is 0 Å². The van der Waals surface area contributed by atoms with Crippen LogP contribution in [-0.4, -0.2) is 78.6 Å². The lowest BCUT2D eigenvalue weighted by Gasteiger charge is -2.28. The van der Waals surface area contributed by atoms with Gasteiger partial charge >= 0.3 is 0 Å². The molecule has 6 nitrogen and oxygen atoms in total. The predicted octanol–water partition coefficient (Wildman–Crippen LogP) is 0.521. The predicted molar refractivity (Wildman–Crippen MR) is 97.1 cm³/mol. The van der Waals surface area contributed by atoms with Crippen molar-refractivity contribution in [3.8, 4) is 0 Å². The van der Waals surface area contributed by atoms with E-state index >= 15 is 0 Å². The minimum absolute atomic E-state index is 0. The molecule has 2 saturated heterocycles. The van der Waals surface area contributed by atoms with Crippen molar-refractivity contribution < 1.29 is 9.59 Å². The van der Waals surface area contributed by atoms with Crippen LogP contribution >= 0.6 is 24.2 Å². The SMILES string of the molecule is CCCCC(=O)N1CSCC1C(=O)NCCN1CCNCC1.Cl. The number of nitrogens with one attached hydrogen (secondary N) is 2. The molecule has 8 heteroatoms. The lowest BCUT2D eigenvalue weighted by Crippen LogP contribution is -2.50. The Morgan fingerprint density at radius 1 is 1.30 bits per heavy atom. The summed E-state index contributed by atoms with van der Waals surface area (Å²) in [7, 11) is 0. The highest BCUT2D eigenvalue weighted by molar-refractivity contribution is 7.99. The minimum Gasteiger partial charge on any atom is -0.353 e. The molecule has 2 N–H and O–H groups in total. The first-order valence-electron chi connectivity index (χ1n) is 8.30. The quantitative estimate of drug-likeness (QED) is 0.689. The molecule has 1 unspecified atom stereocenters. The van der Waals surface area contributed by atoms with Crippen molar-refractivity contribution in [3.63, 3.8) is 0 Å². The molecule has 2 fully saturated rings. The smallest absolute Gasteiger partial charge is 0.243 e. The molecular weight excluding hydrogens is 336 g/mol. The third-order valence-corrected chi connectivity index (χ3v) is 5.20. The number of thioether (sulfide) groups is 1. The van der Waals surface area contributed by atoms with E-state index in [9.17, 15) is 9.59 Å². The first-order valence-corrected chi connectivity index (χ1v) is 9.46. The van der Waals surface area contributed by atoms with Gasteiger partial charge in [-0.3, -0.25) is 14.5 Å². The fourth-order valence-corrected chi connectivity index (χ4v) is 3.95. The van der Waals surface area contributed by atoms with Crippen LogP contribution in [0, 0.1) is 0 Å². The maximum atomic E-state index is 12.3. The number of unbranched alkanes of at least 4 members (excludes halogenated alkanes) is 1. The molecule has 0 bridgehead atoms. The lowest BCUT2D eigenvalue weighted by molar-refractivity contribution is -0.138. The summed E-state index contributed by atoms with van der Waals surface area (Å²) in [5, 5.41) is 6.32. The first kappa shape index (κ1) is 20.5. The van der Waals surface area contributed by atoms with Gasteiger partial charge in [0.05, 0.1) is 5.88 Å². The van der Waals surface area contributed by atoms with Crippen molar-refractivity contribution in [1.29, 1.82) is 0 Å². The summed E-state index contributed by atoms with van der Waals surface area (Å²) in [4.78, 5) is 28.6. The van der Waals surface area contributed by atoms with E-state index in [1.807, 2.05) is 0 Å². The maximum absolute atomic E-state index is 12.3. The van der Waals surface area contributed by atoms with Gasteiger partial charge in [0.15, 0.2) is 0 Å². The molecule has 23 heavy (non-hydrogen) atoms. The molecule has 1 atom stereocenters. The van der Waals surface area contributed by atoms with E-state index in [0.717, 1.165) is 51.3 Å². The monoisotopic (exact) mass is 364 g/mol. The molecule has 0 saturated carbocycles. The van der Waals surface area contributed by atoms with Crippen LogP contribution in [0.5, 0.6) is 0 Å². The third kappa shape index (κ3) is 6.49. The maximum Gasteiger partial charge on any atom is 0.243 e. The third-order valence-electron chi connectivity index (χ3n) is 4.19. The largest absolute Gasteiger partial charge is 0.353 e. The average Bonchev–Trinajstić information content (AvgIpc) is 3.03. The lowest BCUT2D eigenvalue weighted by atomic mass is 10.2. The van der Waals surface area contributed by atoms with E-state index in [1.54, 1.807) is 16.7 Å². The molecule has 0 aliphatic carbocycles. The first-order chi connectivity index (χ1) is 10.7. The van der Waals surface area contributed by atoms with Crippen LogP contribution in [0.4, 0.5) is 0 Å². The second kappa shape index (κ2) is 11.1. The van der Waals surface area contributed by atoms with Crippen molar-refractivity contribution in [3.05, 3.63) is 0 Å². The van der Waals surface area contributed by atoms with Gasteiger partial charge in [0.1, 0.15) is 6.04 Å². The van der Waals surface area contributed by atoms with Gasteiger partial charge < -0.3 is 15.5 Å². The zero-order chi connectivity index (χ0) is 15.8. The molecule has 0 aromatic heterocycles. The number of hydrogen-bond acceptors (Lipinski definition) is 5. The summed E-state index contributed by atoms with van der Waals surface area (Å²) in [5.74, 6) is 1.49. The summed E-state index contributed by atoms with van der Waals surface area (Å²) >= 11 is 1.67. The Hall–Kier alpha value is -0.500. The van der Waals surface area contributed by atoms with E-state index in [-0.39, 0.29) is 30.3 Å². The van der Waals surface area contributed by atoms with Gasteiger partial charge in [0.2, 0.25) is 11.8 Å². The molecule has 0 spiro atoms. The normalized spacial score (nSPS) is 21.8. The second-order valence-electron chi connectivity index (χ2n) is 5.87. The number of hydrogen-bond donors (Lipinski definition) is 2. The Labute approximate surface area is 149 Å². The van der Waals surface area contributed by atoms with Gasteiger partial charge in [0, 0.05) is 51.4 Å².